The second-order valence-electron chi connectivity index (χ2n) is 5.59. The monoisotopic (exact) mass is 377 g/mol. The Kier molecular flexibility index (Phi) is 6.19. The summed E-state index contributed by atoms with van der Waals surface area (Å²) in [5.41, 5.74) is 0. The predicted octanol–water partition coefficient (Wildman–Crippen LogP) is 1.31. The summed E-state index contributed by atoms with van der Waals surface area (Å²) in [5.74, 6) is -0.727. The van der Waals surface area contributed by atoms with Crippen molar-refractivity contribution in [3.63, 3.8) is 0 Å². The van der Waals surface area contributed by atoms with Gasteiger partial charge in [0.15, 0.2) is 0 Å². The van der Waals surface area contributed by atoms with Crippen LogP contribution in [0, 0.1) is 5.82 Å². The molecule has 1 aliphatic heterocycles. The first kappa shape index (κ1) is 19.1. The van der Waals surface area contributed by atoms with E-state index in [1.54, 1.807) is 6.92 Å². The Balaban J connectivity index is 2.05. The highest BCUT2D eigenvalue weighted by atomic mass is 35.5. The van der Waals surface area contributed by atoms with Crippen LogP contribution in [0.15, 0.2) is 23.1 Å². The molecule has 0 radical (unpaired) electrons. The Morgan fingerprint density at radius 3 is 2.50 bits per heavy atom. The lowest BCUT2D eigenvalue weighted by atomic mass is 10.2. The van der Waals surface area contributed by atoms with E-state index in [2.05, 4.69) is 5.32 Å². The summed E-state index contributed by atoms with van der Waals surface area (Å²) < 4.78 is 39.8. The molecule has 1 aliphatic rings. The number of sulfonamides is 1. The van der Waals surface area contributed by atoms with Crippen LogP contribution in [0.3, 0.4) is 0 Å². The first-order chi connectivity index (χ1) is 11.3. The van der Waals surface area contributed by atoms with E-state index in [-0.39, 0.29) is 35.0 Å². The van der Waals surface area contributed by atoms with Crippen LogP contribution in [0.1, 0.15) is 13.8 Å². The third kappa shape index (κ3) is 4.05. The minimum absolute atomic E-state index is 0.0286. The fraction of sp³-hybridized carbons (Fsp3) is 0.533. The van der Waals surface area contributed by atoms with E-state index >= 15 is 0 Å². The molecular formula is C15H21ClFN3O3S. The van der Waals surface area contributed by atoms with Crippen LogP contribution < -0.4 is 5.32 Å². The molecule has 2 rings (SSSR count). The number of carbonyl (C=O) groups excluding carboxylic acids is 1. The van der Waals surface area contributed by atoms with Gasteiger partial charge in [0.05, 0.1) is 16.0 Å². The van der Waals surface area contributed by atoms with Crippen LogP contribution in [-0.2, 0) is 14.8 Å². The van der Waals surface area contributed by atoms with Crippen molar-refractivity contribution in [2.75, 3.05) is 32.7 Å². The van der Waals surface area contributed by atoms with Crippen molar-refractivity contribution >= 4 is 27.5 Å². The van der Waals surface area contributed by atoms with Gasteiger partial charge in [0.1, 0.15) is 5.82 Å². The molecule has 0 bridgehead atoms. The Bertz CT molecular complexity index is 706. The summed E-state index contributed by atoms with van der Waals surface area (Å²) in [4.78, 5) is 13.8. The molecule has 1 N–H and O–H groups in total. The van der Waals surface area contributed by atoms with E-state index in [0.29, 0.717) is 19.6 Å². The number of rotatable bonds is 5. The normalized spacial score (nSPS) is 18.3. The SMILES string of the molecule is CCNC(=O)[C@H](C)N1CCN(S(=O)(=O)c2ccc(F)c(Cl)c2)CC1. The standard InChI is InChI=1S/C15H21ClFN3O3S/c1-3-18-15(21)11(2)19-6-8-20(9-7-19)24(22,23)12-4-5-14(17)13(16)10-12/h4-5,10-11H,3,6-9H2,1-2H3,(H,18,21)/t11-/m0/s1. The Morgan fingerprint density at radius 1 is 1.33 bits per heavy atom. The quantitative estimate of drug-likeness (QED) is 0.840. The van der Waals surface area contributed by atoms with Gasteiger partial charge in [-0.15, -0.1) is 0 Å². The average molecular weight is 378 g/mol. The highest BCUT2D eigenvalue weighted by molar-refractivity contribution is 7.89. The number of nitrogens with one attached hydrogen (secondary N) is 1. The van der Waals surface area contributed by atoms with Gasteiger partial charge in [0, 0.05) is 32.7 Å². The number of amides is 1. The van der Waals surface area contributed by atoms with Gasteiger partial charge in [-0.25, -0.2) is 12.8 Å². The topological polar surface area (TPSA) is 69.7 Å². The number of nitrogens with zero attached hydrogens (tertiary/aromatic N) is 2. The van der Waals surface area contributed by atoms with Crippen molar-refractivity contribution in [3.05, 3.63) is 29.0 Å². The van der Waals surface area contributed by atoms with Gasteiger partial charge >= 0.3 is 0 Å². The first-order valence-electron chi connectivity index (χ1n) is 7.74. The number of likely N-dealkylation sites (N-methyl/N-ethyl adjacent to an activating group) is 1. The molecule has 0 unspecified atom stereocenters. The van der Waals surface area contributed by atoms with Crippen molar-refractivity contribution in [3.8, 4) is 0 Å². The van der Waals surface area contributed by atoms with Crippen LogP contribution in [-0.4, -0.2) is 62.3 Å². The van der Waals surface area contributed by atoms with Crippen LogP contribution in [0.4, 0.5) is 4.39 Å². The molecule has 0 aliphatic carbocycles. The third-order valence-corrected chi connectivity index (χ3v) is 6.26. The van der Waals surface area contributed by atoms with E-state index in [9.17, 15) is 17.6 Å². The molecule has 0 aromatic heterocycles. The van der Waals surface area contributed by atoms with Crippen molar-refractivity contribution < 1.29 is 17.6 Å². The van der Waals surface area contributed by atoms with Gasteiger partial charge in [0.25, 0.3) is 0 Å². The number of benzene rings is 1. The molecule has 1 fully saturated rings. The molecule has 9 heteroatoms. The van der Waals surface area contributed by atoms with Crippen molar-refractivity contribution in [2.45, 2.75) is 24.8 Å². The zero-order valence-electron chi connectivity index (χ0n) is 13.6. The second-order valence-corrected chi connectivity index (χ2v) is 7.93. The van der Waals surface area contributed by atoms with E-state index in [0.717, 1.165) is 12.1 Å². The van der Waals surface area contributed by atoms with E-state index < -0.39 is 15.8 Å². The second kappa shape index (κ2) is 7.77. The maximum absolute atomic E-state index is 13.2. The lowest BCUT2D eigenvalue weighted by Gasteiger charge is -2.36. The largest absolute Gasteiger partial charge is 0.355 e. The molecule has 1 aromatic rings. The van der Waals surface area contributed by atoms with Gasteiger partial charge in [-0.2, -0.15) is 4.31 Å². The number of carbonyl (C=O) groups is 1. The molecule has 1 aromatic carbocycles. The summed E-state index contributed by atoms with van der Waals surface area (Å²) in [7, 11) is -3.73. The Morgan fingerprint density at radius 2 is 1.96 bits per heavy atom. The zero-order chi connectivity index (χ0) is 17.9. The molecule has 1 atom stereocenters. The zero-order valence-corrected chi connectivity index (χ0v) is 15.2. The lowest BCUT2D eigenvalue weighted by molar-refractivity contribution is -0.126. The maximum Gasteiger partial charge on any atom is 0.243 e. The fourth-order valence-corrected chi connectivity index (χ4v) is 4.30. The minimum Gasteiger partial charge on any atom is -0.355 e. The molecule has 1 saturated heterocycles. The number of piperazine rings is 1. The summed E-state index contributed by atoms with van der Waals surface area (Å²) in [6.45, 7) is 5.64. The third-order valence-electron chi connectivity index (χ3n) is 4.08. The summed E-state index contributed by atoms with van der Waals surface area (Å²) in [6.07, 6.45) is 0. The van der Waals surface area contributed by atoms with Crippen LogP contribution >= 0.6 is 11.6 Å². The number of hydrogen-bond acceptors (Lipinski definition) is 4. The molecule has 0 spiro atoms. The molecule has 0 saturated carbocycles. The van der Waals surface area contributed by atoms with Crippen LogP contribution in [0.5, 0.6) is 0 Å². The predicted molar refractivity (Wildman–Crippen MR) is 89.9 cm³/mol. The highest BCUT2D eigenvalue weighted by Crippen LogP contribution is 2.23. The van der Waals surface area contributed by atoms with E-state index in [1.165, 1.54) is 10.4 Å². The number of halogens is 2. The summed E-state index contributed by atoms with van der Waals surface area (Å²) in [5, 5.41) is 2.54. The average Bonchev–Trinajstić information content (AvgIpc) is 2.57. The van der Waals surface area contributed by atoms with Crippen LogP contribution in [0.2, 0.25) is 5.02 Å². The van der Waals surface area contributed by atoms with E-state index in [1.807, 2.05) is 11.8 Å². The smallest absolute Gasteiger partial charge is 0.243 e. The van der Waals surface area contributed by atoms with Crippen molar-refractivity contribution in [2.24, 2.45) is 0 Å². The minimum atomic E-state index is -3.73. The lowest BCUT2D eigenvalue weighted by Crippen LogP contribution is -2.54. The Labute approximate surface area is 146 Å². The molecule has 1 heterocycles. The number of hydrogen-bond donors (Lipinski definition) is 1. The molecule has 1 amide bonds. The molecule has 134 valence electrons. The maximum atomic E-state index is 13.2. The van der Waals surface area contributed by atoms with Gasteiger partial charge in [-0.1, -0.05) is 11.6 Å². The van der Waals surface area contributed by atoms with Gasteiger partial charge in [-0.3, -0.25) is 9.69 Å². The van der Waals surface area contributed by atoms with Crippen LogP contribution in [0.25, 0.3) is 0 Å². The Hall–Kier alpha value is -1.22. The summed E-state index contributed by atoms with van der Waals surface area (Å²) >= 11 is 5.68. The molecule has 6 nitrogen and oxygen atoms in total. The van der Waals surface area contributed by atoms with Gasteiger partial charge in [0.2, 0.25) is 15.9 Å². The summed E-state index contributed by atoms with van der Waals surface area (Å²) in [6, 6.07) is 3.06. The van der Waals surface area contributed by atoms with E-state index in [4.69, 9.17) is 11.6 Å². The molecule has 24 heavy (non-hydrogen) atoms. The van der Waals surface area contributed by atoms with Crippen molar-refractivity contribution in [1.82, 2.24) is 14.5 Å². The first-order valence-corrected chi connectivity index (χ1v) is 9.56. The van der Waals surface area contributed by atoms with Gasteiger partial charge < -0.3 is 5.32 Å². The van der Waals surface area contributed by atoms with Gasteiger partial charge in [-0.05, 0) is 32.0 Å². The molecular weight excluding hydrogens is 357 g/mol. The fourth-order valence-electron chi connectivity index (χ4n) is 2.61. The highest BCUT2D eigenvalue weighted by Gasteiger charge is 2.31. The van der Waals surface area contributed by atoms with Crippen molar-refractivity contribution in [1.29, 1.82) is 0 Å².